The van der Waals surface area contributed by atoms with Crippen LogP contribution in [0.4, 0.5) is 10.5 Å². The maximum Gasteiger partial charge on any atom is 0.321 e. The largest absolute Gasteiger partial charge is 0.436 e. The lowest BCUT2D eigenvalue weighted by Gasteiger charge is -2.32. The van der Waals surface area contributed by atoms with Crippen LogP contribution >= 0.6 is 0 Å². The van der Waals surface area contributed by atoms with Gasteiger partial charge in [0.25, 0.3) is 0 Å². The van der Waals surface area contributed by atoms with Gasteiger partial charge in [0.05, 0.1) is 6.26 Å². The molecule has 2 heterocycles. The molecular formula is C20H22N4O4S. The molecule has 4 rings (SSSR count). The highest BCUT2D eigenvalue weighted by atomic mass is 32.2. The van der Waals surface area contributed by atoms with Crippen molar-refractivity contribution < 1.29 is 17.6 Å². The van der Waals surface area contributed by atoms with Gasteiger partial charge in [0.1, 0.15) is 5.52 Å². The van der Waals surface area contributed by atoms with Gasteiger partial charge in [-0.2, -0.15) is 0 Å². The quantitative estimate of drug-likeness (QED) is 0.683. The number of urea groups is 1. The molecule has 1 fully saturated rings. The molecule has 2 N–H and O–H groups in total. The Bertz CT molecular complexity index is 1090. The molecule has 1 unspecified atom stereocenters. The molecule has 0 spiro atoms. The first-order valence-electron chi connectivity index (χ1n) is 9.37. The number of likely N-dealkylation sites (tertiary alicyclic amines) is 1. The number of amides is 2. The number of benzene rings is 2. The number of hydrogen-bond acceptors (Lipinski definition) is 5. The summed E-state index contributed by atoms with van der Waals surface area (Å²) in [6.45, 7) is 0.939. The number of oxazole rings is 1. The highest BCUT2D eigenvalue weighted by Crippen LogP contribution is 2.25. The molecule has 0 radical (unpaired) electrons. The van der Waals surface area contributed by atoms with Gasteiger partial charge in [-0.15, -0.1) is 0 Å². The fourth-order valence-corrected chi connectivity index (χ4v) is 4.25. The van der Waals surface area contributed by atoms with Crippen LogP contribution < -0.4 is 10.0 Å². The summed E-state index contributed by atoms with van der Waals surface area (Å²) < 4.78 is 31.2. The van der Waals surface area contributed by atoms with E-state index in [1.54, 1.807) is 17.0 Å². The first kappa shape index (κ1) is 19.4. The van der Waals surface area contributed by atoms with Gasteiger partial charge >= 0.3 is 6.03 Å². The van der Waals surface area contributed by atoms with E-state index in [0.717, 1.165) is 35.8 Å². The molecule has 0 saturated carbocycles. The van der Waals surface area contributed by atoms with Gasteiger partial charge in [-0.25, -0.2) is 22.9 Å². The van der Waals surface area contributed by atoms with Gasteiger partial charge in [0, 0.05) is 30.4 Å². The van der Waals surface area contributed by atoms with E-state index in [1.807, 2.05) is 36.4 Å². The van der Waals surface area contributed by atoms with Crippen molar-refractivity contribution in [2.75, 3.05) is 24.7 Å². The number of sulfonamides is 1. The number of para-hydroxylation sites is 2. The van der Waals surface area contributed by atoms with Crippen LogP contribution in [0.2, 0.25) is 0 Å². The summed E-state index contributed by atoms with van der Waals surface area (Å²) in [5.41, 5.74) is 2.98. The number of nitrogens with zero attached hydrogens (tertiary/aromatic N) is 2. The Kier molecular flexibility index (Phi) is 5.25. The maximum absolute atomic E-state index is 12.6. The van der Waals surface area contributed by atoms with Gasteiger partial charge in [-0.1, -0.05) is 12.1 Å². The van der Waals surface area contributed by atoms with Crippen molar-refractivity contribution in [3.63, 3.8) is 0 Å². The minimum atomic E-state index is -3.30. The topological polar surface area (TPSA) is 105 Å². The summed E-state index contributed by atoms with van der Waals surface area (Å²) in [4.78, 5) is 18.7. The molecule has 0 aliphatic carbocycles. The third kappa shape index (κ3) is 4.75. The van der Waals surface area contributed by atoms with Crippen LogP contribution in [-0.4, -0.2) is 49.7 Å². The Morgan fingerprint density at radius 2 is 1.93 bits per heavy atom. The lowest BCUT2D eigenvalue weighted by molar-refractivity contribution is 0.190. The average molecular weight is 414 g/mol. The van der Waals surface area contributed by atoms with Crippen LogP contribution in [0, 0.1) is 0 Å². The highest BCUT2D eigenvalue weighted by molar-refractivity contribution is 7.88. The fraction of sp³-hybridized carbons (Fsp3) is 0.300. The normalized spacial score (nSPS) is 17.4. The second kappa shape index (κ2) is 7.84. The lowest BCUT2D eigenvalue weighted by Crippen LogP contribution is -2.50. The van der Waals surface area contributed by atoms with E-state index in [9.17, 15) is 13.2 Å². The molecule has 2 amide bonds. The standard InChI is InChI=1S/C20H22N4O4S/c1-29(26,27)23-16-5-4-12-24(13-16)20(25)21-15-10-8-14(9-11-15)19-22-17-6-2-3-7-18(17)28-19/h2-3,6-11,16,23H,4-5,12-13H2,1H3,(H,21,25). The summed E-state index contributed by atoms with van der Waals surface area (Å²) in [6, 6.07) is 14.3. The van der Waals surface area contributed by atoms with E-state index >= 15 is 0 Å². The Labute approximate surface area is 169 Å². The second-order valence-corrected chi connectivity index (χ2v) is 8.95. The molecule has 1 aliphatic heterocycles. The Balaban J connectivity index is 1.41. The molecule has 8 nitrogen and oxygen atoms in total. The molecule has 3 aromatic rings. The summed E-state index contributed by atoms with van der Waals surface area (Å²) in [5.74, 6) is 0.523. The highest BCUT2D eigenvalue weighted by Gasteiger charge is 2.25. The molecule has 0 bridgehead atoms. The number of rotatable bonds is 4. The minimum Gasteiger partial charge on any atom is -0.436 e. The van der Waals surface area contributed by atoms with E-state index in [2.05, 4.69) is 15.0 Å². The number of carbonyl (C=O) groups is 1. The van der Waals surface area contributed by atoms with Crippen LogP contribution in [-0.2, 0) is 10.0 Å². The molecule has 29 heavy (non-hydrogen) atoms. The van der Waals surface area contributed by atoms with E-state index in [-0.39, 0.29) is 12.1 Å². The lowest BCUT2D eigenvalue weighted by atomic mass is 10.1. The van der Waals surface area contributed by atoms with Crippen molar-refractivity contribution in [2.24, 2.45) is 0 Å². The zero-order valence-electron chi connectivity index (χ0n) is 16.0. The third-order valence-electron chi connectivity index (χ3n) is 4.77. The van der Waals surface area contributed by atoms with Gasteiger partial charge in [0.2, 0.25) is 15.9 Å². The molecule has 1 aromatic heterocycles. The third-order valence-corrected chi connectivity index (χ3v) is 5.53. The number of nitrogens with one attached hydrogen (secondary N) is 2. The van der Waals surface area contributed by atoms with E-state index in [4.69, 9.17) is 4.42 Å². The number of anilines is 1. The zero-order valence-corrected chi connectivity index (χ0v) is 16.8. The molecule has 1 aliphatic rings. The van der Waals surface area contributed by atoms with Gasteiger partial charge in [0.15, 0.2) is 5.58 Å². The average Bonchev–Trinajstić information content (AvgIpc) is 3.11. The van der Waals surface area contributed by atoms with Crippen LogP contribution in [0.3, 0.4) is 0 Å². The zero-order chi connectivity index (χ0) is 20.4. The number of fused-ring (bicyclic) bond motifs is 1. The number of hydrogen-bond donors (Lipinski definition) is 2. The fourth-order valence-electron chi connectivity index (χ4n) is 3.45. The molecule has 152 valence electrons. The number of aromatic nitrogens is 1. The number of carbonyl (C=O) groups excluding carboxylic acids is 1. The van der Waals surface area contributed by atoms with E-state index in [1.165, 1.54) is 0 Å². The summed E-state index contributed by atoms with van der Waals surface area (Å²) in [5, 5.41) is 2.86. The number of piperidine rings is 1. The summed E-state index contributed by atoms with van der Waals surface area (Å²) in [7, 11) is -3.30. The predicted octanol–water partition coefficient (Wildman–Crippen LogP) is 3.04. The SMILES string of the molecule is CS(=O)(=O)NC1CCCN(C(=O)Nc2ccc(-c3nc4ccccc4o3)cc2)C1. The van der Waals surface area contributed by atoms with Gasteiger partial charge < -0.3 is 14.6 Å². The molecule has 2 aromatic carbocycles. The van der Waals surface area contributed by atoms with Crippen molar-refractivity contribution in [3.8, 4) is 11.5 Å². The summed E-state index contributed by atoms with van der Waals surface area (Å²) >= 11 is 0. The van der Waals surface area contributed by atoms with Crippen LogP contribution in [0.1, 0.15) is 12.8 Å². The van der Waals surface area contributed by atoms with Crippen LogP contribution in [0.15, 0.2) is 52.9 Å². The summed E-state index contributed by atoms with van der Waals surface area (Å²) in [6.07, 6.45) is 2.59. The molecule has 9 heteroatoms. The minimum absolute atomic E-state index is 0.250. The van der Waals surface area contributed by atoms with Crippen molar-refractivity contribution in [2.45, 2.75) is 18.9 Å². The molecule has 1 saturated heterocycles. The van der Waals surface area contributed by atoms with Crippen LogP contribution in [0.25, 0.3) is 22.6 Å². The van der Waals surface area contributed by atoms with E-state index < -0.39 is 10.0 Å². The van der Waals surface area contributed by atoms with Crippen molar-refractivity contribution >= 4 is 32.8 Å². The Morgan fingerprint density at radius 3 is 2.66 bits per heavy atom. The first-order chi connectivity index (χ1) is 13.9. The first-order valence-corrected chi connectivity index (χ1v) is 11.3. The Morgan fingerprint density at radius 1 is 1.17 bits per heavy atom. The van der Waals surface area contributed by atoms with Crippen molar-refractivity contribution in [1.82, 2.24) is 14.6 Å². The predicted molar refractivity (Wildman–Crippen MR) is 111 cm³/mol. The van der Waals surface area contributed by atoms with Gasteiger partial charge in [-0.3, -0.25) is 0 Å². The van der Waals surface area contributed by atoms with E-state index in [0.29, 0.717) is 24.7 Å². The second-order valence-electron chi connectivity index (χ2n) is 7.17. The van der Waals surface area contributed by atoms with Crippen molar-refractivity contribution in [1.29, 1.82) is 0 Å². The van der Waals surface area contributed by atoms with Crippen molar-refractivity contribution in [3.05, 3.63) is 48.5 Å². The monoisotopic (exact) mass is 414 g/mol. The van der Waals surface area contributed by atoms with Crippen LogP contribution in [0.5, 0.6) is 0 Å². The smallest absolute Gasteiger partial charge is 0.321 e. The molecular weight excluding hydrogens is 392 g/mol. The Hall–Kier alpha value is -2.91. The molecule has 1 atom stereocenters. The maximum atomic E-state index is 12.6. The van der Waals surface area contributed by atoms with Gasteiger partial charge in [-0.05, 0) is 49.2 Å².